The summed E-state index contributed by atoms with van der Waals surface area (Å²) in [5, 5.41) is 4.09. The Morgan fingerprint density at radius 3 is 2.91 bits per heavy atom. The highest BCUT2D eigenvalue weighted by Crippen LogP contribution is 2.18. The van der Waals surface area contributed by atoms with Gasteiger partial charge in [-0.2, -0.15) is 4.98 Å². The van der Waals surface area contributed by atoms with E-state index in [2.05, 4.69) is 15.0 Å². The van der Waals surface area contributed by atoms with E-state index in [0.717, 1.165) is 38.2 Å². The van der Waals surface area contributed by atoms with Crippen LogP contribution in [0.4, 0.5) is 0 Å². The number of amides is 1. The van der Waals surface area contributed by atoms with Crippen LogP contribution in [-0.4, -0.2) is 52.0 Å². The molecule has 6 heteroatoms. The molecule has 0 spiro atoms. The lowest BCUT2D eigenvalue weighted by molar-refractivity contribution is -0.128. The van der Waals surface area contributed by atoms with Gasteiger partial charge in [0.05, 0.1) is 6.54 Å². The maximum absolute atomic E-state index is 11.5. The van der Waals surface area contributed by atoms with Gasteiger partial charge in [-0.25, -0.2) is 0 Å². The summed E-state index contributed by atoms with van der Waals surface area (Å²) in [6.45, 7) is 7.69. The van der Waals surface area contributed by atoms with E-state index in [1.54, 1.807) is 6.92 Å². The molecule has 0 N–H and O–H groups in total. The molecule has 1 saturated heterocycles. The van der Waals surface area contributed by atoms with Crippen LogP contribution in [0.5, 0.6) is 0 Å². The second-order valence-electron chi connectivity index (χ2n) is 6.02. The Balaban J connectivity index is 1.64. The van der Waals surface area contributed by atoms with Gasteiger partial charge in [-0.15, -0.1) is 0 Å². The van der Waals surface area contributed by atoms with Crippen LogP contribution in [0.2, 0.25) is 0 Å². The van der Waals surface area contributed by atoms with E-state index in [-0.39, 0.29) is 5.91 Å². The molecule has 2 aromatic rings. The number of hydrogen-bond donors (Lipinski definition) is 0. The first-order valence-electron chi connectivity index (χ1n) is 7.99. The van der Waals surface area contributed by atoms with E-state index in [1.165, 1.54) is 5.56 Å². The third-order valence-corrected chi connectivity index (χ3v) is 4.13. The number of aryl methyl sites for hydroxylation is 1. The van der Waals surface area contributed by atoms with Crippen LogP contribution >= 0.6 is 0 Å². The van der Waals surface area contributed by atoms with Crippen LogP contribution in [0.1, 0.15) is 24.7 Å². The molecule has 0 aliphatic carbocycles. The standard InChI is InChI=1S/C17H22N4O2/c1-13-5-3-6-15(11-13)17-18-16(19-23-17)12-20-7-4-8-21(10-9-20)14(2)22/h3,5-6,11H,4,7-10,12H2,1-2H3. The van der Waals surface area contributed by atoms with Crippen molar-refractivity contribution in [3.63, 3.8) is 0 Å². The average Bonchev–Trinajstić information content (AvgIpc) is 2.85. The first-order valence-corrected chi connectivity index (χ1v) is 7.99. The van der Waals surface area contributed by atoms with Gasteiger partial charge in [0.15, 0.2) is 5.82 Å². The molecule has 1 aliphatic rings. The molecule has 2 heterocycles. The molecular formula is C17H22N4O2. The van der Waals surface area contributed by atoms with Crippen LogP contribution in [0.15, 0.2) is 28.8 Å². The second-order valence-corrected chi connectivity index (χ2v) is 6.02. The predicted octanol–water partition coefficient (Wildman–Crippen LogP) is 2.10. The van der Waals surface area contributed by atoms with Crippen LogP contribution in [0, 0.1) is 6.92 Å². The SMILES string of the molecule is CC(=O)N1CCCN(Cc2noc(-c3cccc(C)c3)n2)CC1. The van der Waals surface area contributed by atoms with Gasteiger partial charge in [0.1, 0.15) is 0 Å². The minimum absolute atomic E-state index is 0.146. The highest BCUT2D eigenvalue weighted by molar-refractivity contribution is 5.73. The maximum Gasteiger partial charge on any atom is 0.257 e. The van der Waals surface area contributed by atoms with Crippen molar-refractivity contribution in [2.75, 3.05) is 26.2 Å². The lowest BCUT2D eigenvalue weighted by atomic mass is 10.1. The number of aromatic nitrogens is 2. The fourth-order valence-corrected chi connectivity index (χ4v) is 2.86. The molecule has 23 heavy (non-hydrogen) atoms. The van der Waals surface area contributed by atoms with Gasteiger partial charge >= 0.3 is 0 Å². The van der Waals surface area contributed by atoms with Gasteiger partial charge in [-0.3, -0.25) is 9.69 Å². The van der Waals surface area contributed by atoms with Crippen molar-refractivity contribution in [1.29, 1.82) is 0 Å². The highest BCUT2D eigenvalue weighted by Gasteiger charge is 2.18. The predicted molar refractivity (Wildman–Crippen MR) is 86.6 cm³/mol. The number of rotatable bonds is 3. The Hall–Kier alpha value is -2.21. The molecule has 1 fully saturated rings. The normalized spacial score (nSPS) is 16.3. The number of carbonyl (C=O) groups is 1. The van der Waals surface area contributed by atoms with Crippen molar-refractivity contribution < 1.29 is 9.32 Å². The van der Waals surface area contributed by atoms with E-state index in [9.17, 15) is 4.79 Å². The number of hydrogen-bond acceptors (Lipinski definition) is 5. The molecule has 1 amide bonds. The minimum atomic E-state index is 0.146. The minimum Gasteiger partial charge on any atom is -0.342 e. The molecule has 0 bridgehead atoms. The lowest BCUT2D eigenvalue weighted by Crippen LogP contribution is -2.33. The summed E-state index contributed by atoms with van der Waals surface area (Å²) < 4.78 is 5.39. The first kappa shape index (κ1) is 15.7. The van der Waals surface area contributed by atoms with Crippen LogP contribution < -0.4 is 0 Å². The quantitative estimate of drug-likeness (QED) is 0.868. The zero-order chi connectivity index (χ0) is 16.2. The Kier molecular flexibility index (Phi) is 4.71. The number of carbonyl (C=O) groups excluding carboxylic acids is 1. The molecule has 1 aliphatic heterocycles. The molecule has 1 aromatic carbocycles. The fourth-order valence-electron chi connectivity index (χ4n) is 2.86. The molecule has 122 valence electrons. The second kappa shape index (κ2) is 6.91. The van der Waals surface area contributed by atoms with E-state index >= 15 is 0 Å². The van der Waals surface area contributed by atoms with Crippen molar-refractivity contribution in [2.45, 2.75) is 26.8 Å². The van der Waals surface area contributed by atoms with Crippen molar-refractivity contribution in [2.24, 2.45) is 0 Å². The summed E-state index contributed by atoms with van der Waals surface area (Å²) in [7, 11) is 0. The Morgan fingerprint density at radius 2 is 2.13 bits per heavy atom. The molecule has 3 rings (SSSR count). The van der Waals surface area contributed by atoms with Gasteiger partial charge in [0.25, 0.3) is 5.89 Å². The van der Waals surface area contributed by atoms with Crippen LogP contribution in [-0.2, 0) is 11.3 Å². The molecule has 0 unspecified atom stereocenters. The lowest BCUT2D eigenvalue weighted by Gasteiger charge is -2.19. The number of nitrogens with zero attached hydrogens (tertiary/aromatic N) is 4. The zero-order valence-corrected chi connectivity index (χ0v) is 13.7. The summed E-state index contributed by atoms with van der Waals surface area (Å²) in [6.07, 6.45) is 0.974. The van der Waals surface area contributed by atoms with Gasteiger partial charge in [0, 0.05) is 38.7 Å². The van der Waals surface area contributed by atoms with Crippen molar-refractivity contribution >= 4 is 5.91 Å². The highest BCUT2D eigenvalue weighted by atomic mass is 16.5. The summed E-state index contributed by atoms with van der Waals surface area (Å²) in [4.78, 5) is 20.1. The fraction of sp³-hybridized carbons (Fsp3) is 0.471. The van der Waals surface area contributed by atoms with E-state index in [0.29, 0.717) is 18.3 Å². The third kappa shape index (κ3) is 3.96. The first-order chi connectivity index (χ1) is 11.1. The molecular weight excluding hydrogens is 292 g/mol. The zero-order valence-electron chi connectivity index (χ0n) is 13.7. The van der Waals surface area contributed by atoms with E-state index in [1.807, 2.05) is 36.1 Å². The van der Waals surface area contributed by atoms with Crippen molar-refractivity contribution in [3.8, 4) is 11.5 Å². The third-order valence-electron chi connectivity index (χ3n) is 4.13. The van der Waals surface area contributed by atoms with Gasteiger partial charge in [0.2, 0.25) is 5.91 Å². The Labute approximate surface area is 136 Å². The molecule has 0 radical (unpaired) electrons. The van der Waals surface area contributed by atoms with E-state index in [4.69, 9.17) is 4.52 Å². The summed E-state index contributed by atoms with van der Waals surface area (Å²) in [5.74, 6) is 1.40. The van der Waals surface area contributed by atoms with Crippen LogP contribution in [0.3, 0.4) is 0 Å². The topological polar surface area (TPSA) is 62.5 Å². The van der Waals surface area contributed by atoms with Crippen molar-refractivity contribution in [1.82, 2.24) is 19.9 Å². The number of benzene rings is 1. The van der Waals surface area contributed by atoms with Crippen LogP contribution in [0.25, 0.3) is 11.5 Å². The van der Waals surface area contributed by atoms with Gasteiger partial charge in [-0.05, 0) is 25.5 Å². The molecule has 0 saturated carbocycles. The summed E-state index contributed by atoms with van der Waals surface area (Å²) >= 11 is 0. The van der Waals surface area contributed by atoms with E-state index < -0.39 is 0 Å². The monoisotopic (exact) mass is 314 g/mol. The summed E-state index contributed by atoms with van der Waals surface area (Å²) in [5.41, 5.74) is 2.11. The van der Waals surface area contributed by atoms with Gasteiger partial charge in [-0.1, -0.05) is 22.9 Å². The van der Waals surface area contributed by atoms with Gasteiger partial charge < -0.3 is 9.42 Å². The maximum atomic E-state index is 11.5. The summed E-state index contributed by atoms with van der Waals surface area (Å²) in [6, 6.07) is 8.04. The molecule has 1 aromatic heterocycles. The Bertz CT molecular complexity index is 683. The van der Waals surface area contributed by atoms with Crippen molar-refractivity contribution in [3.05, 3.63) is 35.7 Å². The largest absolute Gasteiger partial charge is 0.342 e. The molecule has 0 atom stereocenters. The smallest absolute Gasteiger partial charge is 0.257 e. The average molecular weight is 314 g/mol. The Morgan fingerprint density at radius 1 is 1.26 bits per heavy atom. The molecule has 6 nitrogen and oxygen atoms in total.